The number of carboxylic acid groups (broad SMARTS) is 1. The number of hydrogen-bond donors (Lipinski definition) is 1. The van der Waals surface area contributed by atoms with Crippen LogP contribution in [0.3, 0.4) is 0 Å². The highest BCUT2D eigenvalue weighted by atomic mass is 79.9. The number of ether oxygens (including phenoxy) is 1. The van der Waals surface area contributed by atoms with E-state index in [0.29, 0.717) is 15.8 Å². The molecule has 0 fully saturated rings. The second kappa shape index (κ2) is 5.88. The van der Waals surface area contributed by atoms with Crippen LogP contribution in [0, 0.1) is 0 Å². The first-order valence-electron chi connectivity index (χ1n) is 5.74. The lowest BCUT2D eigenvalue weighted by Crippen LogP contribution is -2.09. The van der Waals surface area contributed by atoms with Crippen LogP contribution in [0.15, 0.2) is 46.9 Å². The Balaban J connectivity index is 2.44. The average molecular weight is 335 g/mol. The Labute approximate surface area is 124 Å². The summed E-state index contributed by atoms with van der Waals surface area (Å²) in [4.78, 5) is 23.6. The zero-order valence-corrected chi connectivity index (χ0v) is 12.2. The van der Waals surface area contributed by atoms with Crippen LogP contribution in [0.4, 0.5) is 0 Å². The van der Waals surface area contributed by atoms with Gasteiger partial charge < -0.3 is 9.84 Å². The molecule has 0 saturated heterocycles. The Morgan fingerprint density at radius 3 is 2.25 bits per heavy atom. The second-order valence-corrected chi connectivity index (χ2v) is 4.97. The summed E-state index contributed by atoms with van der Waals surface area (Å²) >= 11 is 3.20. The van der Waals surface area contributed by atoms with Gasteiger partial charge in [0.15, 0.2) is 5.78 Å². The van der Waals surface area contributed by atoms with Gasteiger partial charge in [-0.1, -0.05) is 15.9 Å². The molecular formula is C15H11BrO4. The smallest absolute Gasteiger partial charge is 0.336 e. The first-order chi connectivity index (χ1) is 9.52. The quantitative estimate of drug-likeness (QED) is 0.870. The Bertz CT molecular complexity index is 662. The molecule has 4 nitrogen and oxygen atoms in total. The minimum Gasteiger partial charge on any atom is -0.497 e. The molecule has 0 atom stereocenters. The van der Waals surface area contributed by atoms with Crippen LogP contribution in [0.25, 0.3) is 0 Å². The van der Waals surface area contributed by atoms with Gasteiger partial charge in [0.05, 0.1) is 12.7 Å². The van der Waals surface area contributed by atoms with E-state index in [1.54, 1.807) is 30.3 Å². The number of benzene rings is 2. The highest BCUT2D eigenvalue weighted by Crippen LogP contribution is 2.21. The van der Waals surface area contributed by atoms with Gasteiger partial charge >= 0.3 is 5.97 Å². The van der Waals surface area contributed by atoms with Gasteiger partial charge in [0.2, 0.25) is 0 Å². The van der Waals surface area contributed by atoms with Gasteiger partial charge in [0.1, 0.15) is 5.75 Å². The zero-order valence-electron chi connectivity index (χ0n) is 10.6. The van der Waals surface area contributed by atoms with Crippen LogP contribution in [-0.2, 0) is 0 Å². The van der Waals surface area contributed by atoms with Crippen molar-refractivity contribution in [2.24, 2.45) is 0 Å². The number of carboxylic acids is 1. The molecule has 0 bridgehead atoms. The molecule has 0 heterocycles. The number of carbonyl (C=O) groups is 2. The molecule has 0 aliphatic carbocycles. The maximum atomic E-state index is 12.4. The molecule has 0 saturated carbocycles. The van der Waals surface area contributed by atoms with Crippen LogP contribution >= 0.6 is 15.9 Å². The predicted molar refractivity (Wildman–Crippen MR) is 77.5 cm³/mol. The van der Waals surface area contributed by atoms with Crippen LogP contribution in [0.2, 0.25) is 0 Å². The van der Waals surface area contributed by atoms with E-state index in [4.69, 9.17) is 4.74 Å². The average Bonchev–Trinajstić information content (AvgIpc) is 2.46. The molecule has 0 aliphatic rings. The van der Waals surface area contributed by atoms with E-state index in [9.17, 15) is 14.7 Å². The zero-order chi connectivity index (χ0) is 14.7. The molecule has 0 unspecified atom stereocenters. The Morgan fingerprint density at radius 1 is 1.05 bits per heavy atom. The van der Waals surface area contributed by atoms with Crippen LogP contribution in [0.1, 0.15) is 26.3 Å². The van der Waals surface area contributed by atoms with E-state index in [2.05, 4.69) is 15.9 Å². The van der Waals surface area contributed by atoms with Crippen molar-refractivity contribution in [2.45, 2.75) is 0 Å². The molecule has 2 aromatic rings. The van der Waals surface area contributed by atoms with Crippen molar-refractivity contribution in [2.75, 3.05) is 7.11 Å². The summed E-state index contributed by atoms with van der Waals surface area (Å²) < 4.78 is 5.63. The third-order valence-electron chi connectivity index (χ3n) is 2.81. The number of carbonyl (C=O) groups excluding carboxylic acids is 1. The van der Waals surface area contributed by atoms with E-state index in [-0.39, 0.29) is 16.9 Å². The molecule has 2 rings (SSSR count). The molecule has 102 valence electrons. The lowest BCUT2D eigenvalue weighted by molar-refractivity contribution is 0.0692. The number of rotatable bonds is 4. The summed E-state index contributed by atoms with van der Waals surface area (Å²) in [6, 6.07) is 11.1. The van der Waals surface area contributed by atoms with Crippen molar-refractivity contribution in [1.82, 2.24) is 0 Å². The summed E-state index contributed by atoms with van der Waals surface area (Å²) in [5, 5.41) is 9.18. The molecule has 0 spiro atoms. The topological polar surface area (TPSA) is 63.6 Å². The number of hydrogen-bond acceptors (Lipinski definition) is 3. The minimum atomic E-state index is -1.14. The SMILES string of the molecule is COc1ccc(C(=O)c2ccc(Br)cc2C(=O)O)cc1. The highest BCUT2D eigenvalue weighted by molar-refractivity contribution is 9.10. The minimum absolute atomic E-state index is 0.0276. The summed E-state index contributed by atoms with van der Waals surface area (Å²) in [7, 11) is 1.54. The second-order valence-electron chi connectivity index (χ2n) is 4.05. The molecule has 2 aromatic carbocycles. The monoisotopic (exact) mass is 334 g/mol. The van der Waals surface area contributed by atoms with Gasteiger partial charge in [-0.3, -0.25) is 4.79 Å². The number of halogens is 1. The maximum Gasteiger partial charge on any atom is 0.336 e. The summed E-state index contributed by atoms with van der Waals surface area (Å²) in [5.74, 6) is -0.837. The standard InChI is InChI=1S/C15H11BrO4/c1-20-11-5-2-9(3-6-11)14(17)12-7-4-10(16)8-13(12)15(18)19/h2-8H,1H3,(H,18,19). The van der Waals surface area contributed by atoms with Crippen LogP contribution in [0.5, 0.6) is 5.75 Å². The summed E-state index contributed by atoms with van der Waals surface area (Å²) in [6.07, 6.45) is 0. The van der Waals surface area contributed by atoms with Gasteiger partial charge in [-0.2, -0.15) is 0 Å². The molecule has 0 amide bonds. The molecular weight excluding hydrogens is 324 g/mol. The normalized spacial score (nSPS) is 10.1. The van der Waals surface area contributed by atoms with Crippen LogP contribution < -0.4 is 4.74 Å². The third kappa shape index (κ3) is 2.88. The fourth-order valence-electron chi connectivity index (χ4n) is 1.79. The Morgan fingerprint density at radius 2 is 1.70 bits per heavy atom. The lowest BCUT2D eigenvalue weighted by atomic mass is 9.98. The van der Waals surface area contributed by atoms with Crippen molar-refractivity contribution in [1.29, 1.82) is 0 Å². The van der Waals surface area contributed by atoms with Gasteiger partial charge in [0.25, 0.3) is 0 Å². The molecule has 0 aromatic heterocycles. The van der Waals surface area contributed by atoms with Crippen LogP contribution in [-0.4, -0.2) is 24.0 Å². The van der Waals surface area contributed by atoms with Gasteiger partial charge in [-0.15, -0.1) is 0 Å². The van der Waals surface area contributed by atoms with Crippen molar-refractivity contribution in [3.05, 3.63) is 63.6 Å². The molecule has 0 aliphatic heterocycles. The van der Waals surface area contributed by atoms with Gasteiger partial charge in [-0.05, 0) is 42.5 Å². The fourth-order valence-corrected chi connectivity index (χ4v) is 2.15. The fraction of sp³-hybridized carbons (Fsp3) is 0.0667. The molecule has 1 N–H and O–H groups in total. The van der Waals surface area contributed by atoms with E-state index in [1.807, 2.05) is 0 Å². The van der Waals surface area contributed by atoms with Gasteiger partial charge in [-0.25, -0.2) is 4.79 Å². The maximum absolute atomic E-state index is 12.4. The van der Waals surface area contributed by atoms with Gasteiger partial charge in [0, 0.05) is 15.6 Å². The molecule has 20 heavy (non-hydrogen) atoms. The van der Waals surface area contributed by atoms with Crippen molar-refractivity contribution in [3.63, 3.8) is 0 Å². The Hall–Kier alpha value is -2.14. The number of ketones is 1. The van der Waals surface area contributed by atoms with Crippen molar-refractivity contribution >= 4 is 27.7 Å². The first kappa shape index (κ1) is 14.3. The summed E-state index contributed by atoms with van der Waals surface area (Å²) in [6.45, 7) is 0. The van der Waals surface area contributed by atoms with Crippen molar-refractivity contribution < 1.29 is 19.4 Å². The summed E-state index contributed by atoms with van der Waals surface area (Å²) in [5.41, 5.74) is 0.543. The van der Waals surface area contributed by atoms with E-state index in [1.165, 1.54) is 19.2 Å². The first-order valence-corrected chi connectivity index (χ1v) is 6.54. The molecule has 0 radical (unpaired) electrons. The van der Waals surface area contributed by atoms with E-state index < -0.39 is 5.97 Å². The number of aromatic carboxylic acids is 1. The Kier molecular flexibility index (Phi) is 4.20. The van der Waals surface area contributed by atoms with E-state index in [0.717, 1.165) is 0 Å². The molecule has 5 heteroatoms. The van der Waals surface area contributed by atoms with E-state index >= 15 is 0 Å². The lowest BCUT2D eigenvalue weighted by Gasteiger charge is -2.07. The number of methoxy groups -OCH3 is 1. The van der Waals surface area contributed by atoms with Crippen molar-refractivity contribution in [3.8, 4) is 5.75 Å². The predicted octanol–water partition coefficient (Wildman–Crippen LogP) is 3.39. The third-order valence-corrected chi connectivity index (χ3v) is 3.30. The highest BCUT2D eigenvalue weighted by Gasteiger charge is 2.18. The largest absolute Gasteiger partial charge is 0.497 e.